The number of nitrogens with zero attached hydrogens (tertiary/aromatic N) is 4. The van der Waals surface area contributed by atoms with E-state index in [4.69, 9.17) is 11.6 Å². The van der Waals surface area contributed by atoms with Crippen molar-refractivity contribution in [3.63, 3.8) is 0 Å². The third kappa shape index (κ3) is 4.83. The molecule has 1 fully saturated rings. The standard InChI is InChI=1S/C19H25ClN4O/c1-22(12-16-11-21-23(2)13-16)18-7-8-19(25)24(10-9-18)14-15-3-5-17(20)6-4-15/h3-6,11,13,18H,7-10,12,14H2,1-2H3. The van der Waals surface area contributed by atoms with E-state index in [1.165, 1.54) is 5.56 Å². The van der Waals surface area contributed by atoms with E-state index in [2.05, 4.69) is 17.0 Å². The number of carbonyl (C=O) groups excluding carboxylic acids is 1. The Labute approximate surface area is 154 Å². The highest BCUT2D eigenvalue weighted by Crippen LogP contribution is 2.20. The molecule has 1 atom stereocenters. The maximum atomic E-state index is 12.5. The second kappa shape index (κ2) is 8.02. The molecule has 5 nitrogen and oxygen atoms in total. The first-order chi connectivity index (χ1) is 12.0. The number of likely N-dealkylation sites (tertiary alicyclic amines) is 1. The van der Waals surface area contributed by atoms with E-state index in [9.17, 15) is 4.79 Å². The van der Waals surface area contributed by atoms with E-state index in [1.807, 2.05) is 53.3 Å². The van der Waals surface area contributed by atoms with E-state index in [0.717, 1.165) is 36.5 Å². The largest absolute Gasteiger partial charge is 0.338 e. The minimum absolute atomic E-state index is 0.243. The number of halogens is 1. The topological polar surface area (TPSA) is 41.4 Å². The van der Waals surface area contributed by atoms with Gasteiger partial charge in [0.05, 0.1) is 6.20 Å². The van der Waals surface area contributed by atoms with Crippen LogP contribution in [-0.4, -0.2) is 45.1 Å². The number of aryl methyl sites for hydroxylation is 1. The molecule has 2 heterocycles. The predicted octanol–water partition coefficient (Wildman–Crippen LogP) is 3.09. The lowest BCUT2D eigenvalue weighted by atomic mass is 10.1. The molecule has 0 radical (unpaired) electrons. The molecule has 1 saturated heterocycles. The normalized spacial score (nSPS) is 18.6. The van der Waals surface area contributed by atoms with Crippen molar-refractivity contribution in [1.29, 1.82) is 0 Å². The Balaban J connectivity index is 1.58. The second-order valence-electron chi connectivity index (χ2n) is 6.86. The van der Waals surface area contributed by atoms with E-state index in [1.54, 1.807) is 0 Å². The summed E-state index contributed by atoms with van der Waals surface area (Å²) in [4.78, 5) is 16.8. The average Bonchev–Trinajstić information content (AvgIpc) is 2.90. The van der Waals surface area contributed by atoms with Crippen LogP contribution in [0.3, 0.4) is 0 Å². The van der Waals surface area contributed by atoms with Crippen LogP contribution in [0.15, 0.2) is 36.7 Å². The van der Waals surface area contributed by atoms with Crippen LogP contribution in [0.1, 0.15) is 30.4 Å². The first-order valence-corrected chi connectivity index (χ1v) is 9.09. The molecule has 6 heteroatoms. The Morgan fingerprint density at radius 1 is 1.24 bits per heavy atom. The van der Waals surface area contributed by atoms with Crippen LogP contribution in [0.4, 0.5) is 0 Å². The zero-order chi connectivity index (χ0) is 17.8. The van der Waals surface area contributed by atoms with Gasteiger partial charge in [-0.25, -0.2) is 0 Å². The molecule has 1 aliphatic heterocycles. The highest BCUT2D eigenvalue weighted by Gasteiger charge is 2.25. The molecule has 0 aliphatic carbocycles. The Kier molecular flexibility index (Phi) is 5.76. The first kappa shape index (κ1) is 18.0. The van der Waals surface area contributed by atoms with Crippen molar-refractivity contribution in [3.05, 3.63) is 52.8 Å². The van der Waals surface area contributed by atoms with Crippen LogP contribution in [0, 0.1) is 0 Å². The molecule has 1 unspecified atom stereocenters. The van der Waals surface area contributed by atoms with E-state index in [0.29, 0.717) is 19.0 Å². The summed E-state index contributed by atoms with van der Waals surface area (Å²) in [5.74, 6) is 0.243. The van der Waals surface area contributed by atoms with Crippen LogP contribution < -0.4 is 0 Å². The molecule has 25 heavy (non-hydrogen) atoms. The number of amides is 1. The summed E-state index contributed by atoms with van der Waals surface area (Å²) in [5.41, 5.74) is 2.33. The molecule has 1 aromatic heterocycles. The van der Waals surface area contributed by atoms with Gasteiger partial charge in [0.2, 0.25) is 5.91 Å². The van der Waals surface area contributed by atoms with Crippen molar-refractivity contribution in [2.24, 2.45) is 7.05 Å². The first-order valence-electron chi connectivity index (χ1n) is 8.71. The molecule has 2 aromatic rings. The number of hydrogen-bond acceptors (Lipinski definition) is 3. The van der Waals surface area contributed by atoms with Gasteiger partial charge < -0.3 is 4.90 Å². The smallest absolute Gasteiger partial charge is 0.222 e. The van der Waals surface area contributed by atoms with Crippen molar-refractivity contribution in [2.45, 2.75) is 38.4 Å². The van der Waals surface area contributed by atoms with E-state index in [-0.39, 0.29) is 5.91 Å². The SMILES string of the molecule is CN(Cc1cnn(C)c1)C1CCC(=O)N(Cc2ccc(Cl)cc2)CC1. The van der Waals surface area contributed by atoms with Gasteiger partial charge in [0, 0.05) is 55.9 Å². The van der Waals surface area contributed by atoms with Gasteiger partial charge in [-0.05, 0) is 37.6 Å². The fourth-order valence-electron chi connectivity index (χ4n) is 3.41. The van der Waals surface area contributed by atoms with Gasteiger partial charge >= 0.3 is 0 Å². The van der Waals surface area contributed by atoms with Crippen LogP contribution in [0.25, 0.3) is 0 Å². The van der Waals surface area contributed by atoms with Crippen LogP contribution in [-0.2, 0) is 24.9 Å². The molecule has 1 amide bonds. The van der Waals surface area contributed by atoms with Gasteiger partial charge in [-0.1, -0.05) is 23.7 Å². The number of carbonyl (C=O) groups is 1. The zero-order valence-electron chi connectivity index (χ0n) is 14.9. The van der Waals surface area contributed by atoms with Crippen molar-refractivity contribution in [3.8, 4) is 0 Å². The van der Waals surface area contributed by atoms with Crippen LogP contribution in [0.2, 0.25) is 5.02 Å². The molecule has 1 aromatic carbocycles. The van der Waals surface area contributed by atoms with Crippen molar-refractivity contribution in [2.75, 3.05) is 13.6 Å². The second-order valence-corrected chi connectivity index (χ2v) is 7.30. The van der Waals surface area contributed by atoms with Gasteiger partial charge in [-0.3, -0.25) is 14.4 Å². The summed E-state index contributed by atoms with van der Waals surface area (Å²) >= 11 is 5.94. The Hall–Kier alpha value is -1.85. The fraction of sp³-hybridized carbons (Fsp3) is 0.474. The molecular weight excluding hydrogens is 336 g/mol. The van der Waals surface area contributed by atoms with Crippen LogP contribution >= 0.6 is 11.6 Å². The molecule has 3 rings (SSSR count). The molecule has 0 N–H and O–H groups in total. The monoisotopic (exact) mass is 360 g/mol. The summed E-state index contributed by atoms with van der Waals surface area (Å²) in [6.07, 6.45) is 6.47. The van der Waals surface area contributed by atoms with E-state index >= 15 is 0 Å². The van der Waals surface area contributed by atoms with Gasteiger partial charge in [-0.2, -0.15) is 5.10 Å². The number of benzene rings is 1. The third-order valence-electron chi connectivity index (χ3n) is 4.88. The van der Waals surface area contributed by atoms with Crippen molar-refractivity contribution < 1.29 is 4.79 Å². The van der Waals surface area contributed by atoms with Gasteiger partial charge in [-0.15, -0.1) is 0 Å². The minimum Gasteiger partial charge on any atom is -0.338 e. The Morgan fingerprint density at radius 3 is 2.68 bits per heavy atom. The van der Waals surface area contributed by atoms with Crippen molar-refractivity contribution >= 4 is 17.5 Å². The molecule has 134 valence electrons. The predicted molar refractivity (Wildman–Crippen MR) is 99.2 cm³/mol. The number of hydrogen-bond donors (Lipinski definition) is 0. The minimum atomic E-state index is 0.243. The zero-order valence-corrected chi connectivity index (χ0v) is 15.6. The van der Waals surface area contributed by atoms with Gasteiger partial charge in [0.15, 0.2) is 0 Å². The lowest BCUT2D eigenvalue weighted by Crippen LogP contribution is -2.33. The summed E-state index contributed by atoms with van der Waals surface area (Å²) in [7, 11) is 4.07. The lowest BCUT2D eigenvalue weighted by Gasteiger charge is -2.26. The summed E-state index contributed by atoms with van der Waals surface area (Å²) in [6, 6.07) is 8.16. The van der Waals surface area contributed by atoms with Crippen molar-refractivity contribution in [1.82, 2.24) is 19.6 Å². The maximum absolute atomic E-state index is 12.5. The quantitative estimate of drug-likeness (QED) is 0.822. The third-order valence-corrected chi connectivity index (χ3v) is 5.13. The average molecular weight is 361 g/mol. The van der Waals surface area contributed by atoms with E-state index < -0.39 is 0 Å². The molecule has 0 spiro atoms. The summed E-state index contributed by atoms with van der Waals surface area (Å²) < 4.78 is 1.83. The Morgan fingerprint density at radius 2 is 2.00 bits per heavy atom. The molecular formula is C19H25ClN4O. The Bertz CT molecular complexity index is 712. The van der Waals surface area contributed by atoms with Gasteiger partial charge in [0.1, 0.15) is 0 Å². The highest BCUT2D eigenvalue weighted by atomic mass is 35.5. The van der Waals surface area contributed by atoms with Crippen LogP contribution in [0.5, 0.6) is 0 Å². The molecule has 1 aliphatic rings. The lowest BCUT2D eigenvalue weighted by molar-refractivity contribution is -0.131. The molecule has 0 saturated carbocycles. The summed E-state index contributed by atoms with van der Waals surface area (Å²) in [5, 5.41) is 4.95. The van der Waals surface area contributed by atoms with Gasteiger partial charge in [0.25, 0.3) is 0 Å². The number of aromatic nitrogens is 2. The maximum Gasteiger partial charge on any atom is 0.222 e. The highest BCUT2D eigenvalue weighted by molar-refractivity contribution is 6.30. The molecule has 0 bridgehead atoms. The fourth-order valence-corrected chi connectivity index (χ4v) is 3.54. The number of rotatable bonds is 5. The summed E-state index contributed by atoms with van der Waals surface area (Å²) in [6.45, 7) is 2.32.